The van der Waals surface area contributed by atoms with Crippen LogP contribution in [0.4, 0.5) is 4.79 Å². The van der Waals surface area contributed by atoms with Crippen molar-refractivity contribution < 1.29 is 14.6 Å². The van der Waals surface area contributed by atoms with Crippen LogP contribution in [0.5, 0.6) is 0 Å². The summed E-state index contributed by atoms with van der Waals surface area (Å²) in [5.74, 6) is 0. The van der Waals surface area contributed by atoms with Crippen molar-refractivity contribution in [2.45, 2.75) is 44.8 Å². The van der Waals surface area contributed by atoms with Gasteiger partial charge in [-0.05, 0) is 45.7 Å². The maximum absolute atomic E-state index is 12.0. The highest BCUT2D eigenvalue weighted by molar-refractivity contribution is 7.16. The van der Waals surface area contributed by atoms with Crippen molar-refractivity contribution in [2.24, 2.45) is 0 Å². The molecule has 1 N–H and O–H groups in total. The summed E-state index contributed by atoms with van der Waals surface area (Å²) in [6.45, 7) is 6.51. The molecule has 112 valence electrons. The predicted octanol–water partition coefficient (Wildman–Crippen LogP) is 3.62. The second-order valence-corrected chi connectivity index (χ2v) is 7.82. The number of nitrogens with zero attached hydrogens (tertiary/aromatic N) is 1. The Labute approximate surface area is 128 Å². The molecule has 2 rings (SSSR count). The highest BCUT2D eigenvalue weighted by Crippen LogP contribution is 2.38. The maximum Gasteiger partial charge on any atom is 0.410 e. The van der Waals surface area contributed by atoms with E-state index in [9.17, 15) is 9.90 Å². The van der Waals surface area contributed by atoms with E-state index in [0.29, 0.717) is 30.3 Å². The van der Waals surface area contributed by atoms with Crippen molar-refractivity contribution in [3.8, 4) is 0 Å². The Kier molecular flexibility index (Phi) is 4.33. The molecular formula is C14H20ClNO3S. The number of rotatable bonds is 1. The predicted molar refractivity (Wildman–Crippen MR) is 80.3 cm³/mol. The number of thiophene rings is 1. The third-order valence-corrected chi connectivity index (χ3v) is 4.70. The van der Waals surface area contributed by atoms with E-state index in [1.807, 2.05) is 26.8 Å². The van der Waals surface area contributed by atoms with E-state index < -0.39 is 11.2 Å². The number of likely N-dealkylation sites (tertiary alicyclic amines) is 1. The lowest BCUT2D eigenvalue weighted by Crippen LogP contribution is -2.46. The van der Waals surface area contributed by atoms with Crippen LogP contribution in [0.1, 0.15) is 38.5 Å². The van der Waals surface area contributed by atoms with E-state index in [1.54, 1.807) is 11.0 Å². The molecule has 1 aromatic heterocycles. The first-order chi connectivity index (χ1) is 9.20. The summed E-state index contributed by atoms with van der Waals surface area (Å²) in [6, 6.07) is 3.65. The normalized spacial score (nSPS) is 18.9. The van der Waals surface area contributed by atoms with Crippen LogP contribution in [-0.4, -0.2) is 34.8 Å². The summed E-state index contributed by atoms with van der Waals surface area (Å²) in [7, 11) is 0. The molecule has 1 aliphatic rings. The van der Waals surface area contributed by atoms with Crippen molar-refractivity contribution >= 4 is 29.0 Å². The van der Waals surface area contributed by atoms with Crippen LogP contribution in [0.15, 0.2) is 12.1 Å². The molecular weight excluding hydrogens is 298 g/mol. The molecule has 2 heterocycles. The van der Waals surface area contributed by atoms with E-state index >= 15 is 0 Å². The standard InChI is InChI=1S/C14H20ClNO3S/c1-13(2,3)19-12(17)16-8-6-14(18,7-9-16)10-4-5-11(15)20-10/h4-5,18H,6-9H2,1-3H3. The molecule has 4 nitrogen and oxygen atoms in total. The Morgan fingerprint density at radius 2 is 2.00 bits per heavy atom. The summed E-state index contributed by atoms with van der Waals surface area (Å²) in [5, 5.41) is 10.7. The molecule has 0 saturated carbocycles. The first-order valence-electron chi connectivity index (χ1n) is 6.66. The molecule has 0 bridgehead atoms. The molecule has 20 heavy (non-hydrogen) atoms. The molecule has 0 unspecified atom stereocenters. The van der Waals surface area contributed by atoms with E-state index in [-0.39, 0.29) is 6.09 Å². The van der Waals surface area contributed by atoms with Gasteiger partial charge in [-0.3, -0.25) is 0 Å². The third-order valence-electron chi connectivity index (χ3n) is 3.27. The van der Waals surface area contributed by atoms with Gasteiger partial charge in [0.15, 0.2) is 0 Å². The lowest BCUT2D eigenvalue weighted by Gasteiger charge is -2.38. The number of carbonyl (C=O) groups excluding carboxylic acids is 1. The minimum Gasteiger partial charge on any atom is -0.444 e. The number of aliphatic hydroxyl groups is 1. The Balaban J connectivity index is 1.97. The number of ether oxygens (including phenoxy) is 1. The van der Waals surface area contributed by atoms with Crippen molar-refractivity contribution in [1.82, 2.24) is 4.90 Å². The fraction of sp³-hybridized carbons (Fsp3) is 0.643. The average Bonchev–Trinajstić information content (AvgIpc) is 2.75. The summed E-state index contributed by atoms with van der Waals surface area (Å²) in [6.07, 6.45) is 0.690. The van der Waals surface area contributed by atoms with Crippen LogP contribution in [0, 0.1) is 0 Å². The number of piperidine rings is 1. The second kappa shape index (κ2) is 5.54. The lowest BCUT2D eigenvalue weighted by atomic mass is 9.90. The SMILES string of the molecule is CC(C)(C)OC(=O)N1CCC(O)(c2ccc(Cl)s2)CC1. The number of hydrogen-bond acceptors (Lipinski definition) is 4. The van der Waals surface area contributed by atoms with E-state index in [0.717, 1.165) is 4.88 Å². The van der Waals surface area contributed by atoms with Crippen LogP contribution >= 0.6 is 22.9 Å². The molecule has 1 saturated heterocycles. The van der Waals surface area contributed by atoms with Gasteiger partial charge >= 0.3 is 6.09 Å². The molecule has 0 atom stereocenters. The molecule has 0 radical (unpaired) electrons. The zero-order chi connectivity index (χ0) is 15.0. The van der Waals surface area contributed by atoms with Crippen LogP contribution < -0.4 is 0 Å². The van der Waals surface area contributed by atoms with Crippen molar-refractivity contribution in [3.63, 3.8) is 0 Å². The highest BCUT2D eigenvalue weighted by Gasteiger charge is 2.37. The minimum absolute atomic E-state index is 0.316. The molecule has 0 spiro atoms. The number of carbonyl (C=O) groups is 1. The van der Waals surface area contributed by atoms with Gasteiger partial charge in [-0.2, -0.15) is 0 Å². The van der Waals surface area contributed by atoms with E-state index in [2.05, 4.69) is 0 Å². The quantitative estimate of drug-likeness (QED) is 0.860. The molecule has 1 amide bonds. The molecule has 1 aliphatic heterocycles. The molecule has 1 aromatic rings. The van der Waals surface area contributed by atoms with Gasteiger partial charge in [0.05, 0.1) is 4.34 Å². The maximum atomic E-state index is 12.0. The smallest absolute Gasteiger partial charge is 0.410 e. The van der Waals surface area contributed by atoms with Gasteiger partial charge in [-0.1, -0.05) is 11.6 Å². The fourth-order valence-electron chi connectivity index (χ4n) is 2.20. The van der Waals surface area contributed by atoms with Crippen LogP contribution in [0.2, 0.25) is 4.34 Å². The number of amides is 1. The molecule has 1 fully saturated rings. The van der Waals surface area contributed by atoms with Gasteiger partial charge < -0.3 is 14.7 Å². The van der Waals surface area contributed by atoms with Gasteiger partial charge in [0.1, 0.15) is 11.2 Å². The fourth-order valence-corrected chi connectivity index (χ4v) is 3.39. The summed E-state index contributed by atoms with van der Waals surface area (Å²) in [4.78, 5) is 14.5. The minimum atomic E-state index is -0.879. The van der Waals surface area contributed by atoms with Crippen LogP contribution in [0.3, 0.4) is 0 Å². The Bertz CT molecular complexity index is 487. The summed E-state index contributed by atoms with van der Waals surface area (Å²) >= 11 is 7.31. The third kappa shape index (κ3) is 3.65. The highest BCUT2D eigenvalue weighted by atomic mass is 35.5. The zero-order valence-corrected chi connectivity index (χ0v) is 13.6. The topological polar surface area (TPSA) is 49.8 Å². The first-order valence-corrected chi connectivity index (χ1v) is 7.85. The monoisotopic (exact) mass is 317 g/mol. The van der Waals surface area contributed by atoms with Crippen LogP contribution in [-0.2, 0) is 10.3 Å². The number of halogens is 1. The zero-order valence-electron chi connectivity index (χ0n) is 12.0. The van der Waals surface area contributed by atoms with Gasteiger partial charge in [0.25, 0.3) is 0 Å². The second-order valence-electron chi connectivity index (χ2n) is 6.10. The first kappa shape index (κ1) is 15.6. The van der Waals surface area contributed by atoms with E-state index in [4.69, 9.17) is 16.3 Å². The van der Waals surface area contributed by atoms with Gasteiger partial charge in [-0.25, -0.2) is 4.79 Å². The average molecular weight is 318 g/mol. The Hall–Kier alpha value is -0.780. The van der Waals surface area contributed by atoms with Gasteiger partial charge in [0, 0.05) is 18.0 Å². The van der Waals surface area contributed by atoms with E-state index in [1.165, 1.54) is 11.3 Å². The number of hydrogen-bond donors (Lipinski definition) is 1. The molecule has 0 aromatic carbocycles. The Morgan fingerprint density at radius 3 is 2.45 bits per heavy atom. The van der Waals surface area contributed by atoms with Crippen molar-refractivity contribution in [2.75, 3.05) is 13.1 Å². The largest absolute Gasteiger partial charge is 0.444 e. The van der Waals surface area contributed by atoms with Crippen molar-refractivity contribution in [3.05, 3.63) is 21.3 Å². The van der Waals surface area contributed by atoms with Gasteiger partial charge in [0.2, 0.25) is 0 Å². The summed E-state index contributed by atoms with van der Waals surface area (Å²) < 4.78 is 6.01. The summed E-state index contributed by atoms with van der Waals surface area (Å²) in [5.41, 5.74) is -1.37. The lowest BCUT2D eigenvalue weighted by molar-refractivity contribution is -0.0335. The van der Waals surface area contributed by atoms with Crippen molar-refractivity contribution in [1.29, 1.82) is 0 Å². The Morgan fingerprint density at radius 1 is 1.40 bits per heavy atom. The molecule has 0 aliphatic carbocycles. The van der Waals surface area contributed by atoms with Gasteiger partial charge in [-0.15, -0.1) is 11.3 Å². The van der Waals surface area contributed by atoms with Crippen LogP contribution in [0.25, 0.3) is 0 Å². The molecule has 6 heteroatoms.